The van der Waals surface area contributed by atoms with Gasteiger partial charge in [0.1, 0.15) is 0 Å². The highest BCUT2D eigenvalue weighted by molar-refractivity contribution is 5.31. The number of nitrogens with one attached hydrogen (secondary N) is 1. The van der Waals surface area contributed by atoms with E-state index in [9.17, 15) is 8.78 Å². The summed E-state index contributed by atoms with van der Waals surface area (Å²) in [6, 6.07) is 8.41. The van der Waals surface area contributed by atoms with Gasteiger partial charge in [-0.2, -0.15) is 0 Å². The van der Waals surface area contributed by atoms with E-state index in [-0.39, 0.29) is 13.0 Å². The maximum absolute atomic E-state index is 13.6. The highest BCUT2D eigenvalue weighted by Gasteiger charge is 2.35. The fourth-order valence-corrected chi connectivity index (χ4v) is 3.63. The molecule has 2 nitrogen and oxygen atoms in total. The van der Waals surface area contributed by atoms with Crippen LogP contribution in [-0.4, -0.2) is 37.0 Å². The van der Waals surface area contributed by atoms with Crippen LogP contribution in [0.2, 0.25) is 0 Å². The van der Waals surface area contributed by atoms with Crippen LogP contribution in [0, 0.1) is 0 Å². The second kappa shape index (κ2) is 6.41. The summed E-state index contributed by atoms with van der Waals surface area (Å²) >= 11 is 0. The van der Waals surface area contributed by atoms with Crippen molar-refractivity contribution in [3.05, 3.63) is 35.4 Å². The molecule has 3 rings (SSSR count). The van der Waals surface area contributed by atoms with Crippen LogP contribution in [0.15, 0.2) is 24.3 Å². The zero-order valence-electron chi connectivity index (χ0n) is 12.5. The zero-order chi connectivity index (χ0) is 14.7. The van der Waals surface area contributed by atoms with E-state index in [2.05, 4.69) is 23.5 Å². The number of piperidine rings is 2. The summed E-state index contributed by atoms with van der Waals surface area (Å²) in [6.07, 6.45) is 2.93. The summed E-state index contributed by atoms with van der Waals surface area (Å²) in [5.74, 6) is -1.94. The molecule has 2 aliphatic rings. The van der Waals surface area contributed by atoms with Crippen LogP contribution in [0.1, 0.15) is 42.7 Å². The summed E-state index contributed by atoms with van der Waals surface area (Å²) in [6.45, 7) is 3.47. The molecule has 1 N–H and O–H groups in total. The summed E-state index contributed by atoms with van der Waals surface area (Å²) in [4.78, 5) is 1.92. The van der Waals surface area contributed by atoms with Crippen LogP contribution in [-0.2, 0) is 6.54 Å². The second-order valence-electron chi connectivity index (χ2n) is 6.39. The molecule has 1 aromatic rings. The van der Waals surface area contributed by atoms with Crippen molar-refractivity contribution in [2.24, 2.45) is 0 Å². The van der Waals surface area contributed by atoms with Gasteiger partial charge in [-0.3, -0.25) is 4.90 Å². The Labute approximate surface area is 125 Å². The van der Waals surface area contributed by atoms with Crippen molar-refractivity contribution in [1.82, 2.24) is 10.2 Å². The quantitative estimate of drug-likeness (QED) is 0.919. The molecule has 2 heterocycles. The van der Waals surface area contributed by atoms with E-state index in [1.807, 2.05) is 11.0 Å². The first-order chi connectivity index (χ1) is 10.1. The highest BCUT2D eigenvalue weighted by Crippen LogP contribution is 2.31. The summed E-state index contributed by atoms with van der Waals surface area (Å²) in [5, 5.41) is 3.39. The average Bonchev–Trinajstić information content (AvgIpc) is 2.48. The third-order valence-electron chi connectivity index (χ3n) is 4.70. The van der Waals surface area contributed by atoms with E-state index >= 15 is 0 Å². The molecule has 0 aromatic heterocycles. The molecular formula is C17H24F2N2. The smallest absolute Gasteiger partial charge is 0.260 e. The number of rotatable bonds is 3. The van der Waals surface area contributed by atoms with Gasteiger partial charge in [0.05, 0.1) is 6.54 Å². The Morgan fingerprint density at radius 2 is 1.95 bits per heavy atom. The molecule has 21 heavy (non-hydrogen) atoms. The number of hydrogen-bond acceptors (Lipinski definition) is 2. The Kier molecular flexibility index (Phi) is 4.55. The summed E-state index contributed by atoms with van der Waals surface area (Å²) in [7, 11) is 0. The topological polar surface area (TPSA) is 15.3 Å². The fourth-order valence-electron chi connectivity index (χ4n) is 3.63. The van der Waals surface area contributed by atoms with E-state index in [1.54, 1.807) is 0 Å². The lowest BCUT2D eigenvalue weighted by Crippen LogP contribution is -2.42. The maximum Gasteiger partial charge on any atom is 0.260 e. The fraction of sp³-hybridized carbons (Fsp3) is 0.647. The predicted octanol–water partition coefficient (Wildman–Crippen LogP) is 3.38. The van der Waals surface area contributed by atoms with Gasteiger partial charge in [0, 0.05) is 13.0 Å². The minimum Gasteiger partial charge on any atom is -0.317 e. The van der Waals surface area contributed by atoms with Gasteiger partial charge >= 0.3 is 0 Å². The summed E-state index contributed by atoms with van der Waals surface area (Å²) < 4.78 is 27.1. The standard InChI is InChI=1S/C17H24F2N2/c18-17(19)8-3-11-21(13-17)12-15-4-1-2-5-16(15)14-6-9-20-10-7-14/h1-2,4-5,14,20H,3,6-13H2. The van der Waals surface area contributed by atoms with E-state index in [0.29, 0.717) is 18.9 Å². The number of nitrogens with zero attached hydrogens (tertiary/aromatic N) is 1. The van der Waals surface area contributed by atoms with Crippen molar-refractivity contribution in [2.45, 2.75) is 44.1 Å². The minimum absolute atomic E-state index is 0.0411. The van der Waals surface area contributed by atoms with Crippen LogP contribution < -0.4 is 5.32 Å². The molecule has 1 aromatic carbocycles. The van der Waals surface area contributed by atoms with Gasteiger partial charge in [-0.1, -0.05) is 24.3 Å². The number of halogens is 2. The molecule has 0 bridgehead atoms. The first-order valence-electron chi connectivity index (χ1n) is 8.03. The Bertz CT molecular complexity index is 470. The molecule has 0 radical (unpaired) electrons. The lowest BCUT2D eigenvalue weighted by atomic mass is 9.87. The van der Waals surface area contributed by atoms with Crippen molar-refractivity contribution in [2.75, 3.05) is 26.2 Å². The summed E-state index contributed by atoms with van der Waals surface area (Å²) in [5.41, 5.74) is 2.61. The molecule has 4 heteroatoms. The number of alkyl halides is 2. The Balaban J connectivity index is 1.73. The van der Waals surface area contributed by atoms with Crippen LogP contribution in [0.5, 0.6) is 0 Å². The van der Waals surface area contributed by atoms with Crippen molar-refractivity contribution in [3.8, 4) is 0 Å². The number of hydrogen-bond donors (Lipinski definition) is 1. The Hall–Kier alpha value is -1.00. The first kappa shape index (κ1) is 14.9. The van der Waals surface area contributed by atoms with Crippen LogP contribution >= 0.6 is 0 Å². The van der Waals surface area contributed by atoms with Crippen molar-refractivity contribution in [3.63, 3.8) is 0 Å². The molecular weight excluding hydrogens is 270 g/mol. The van der Waals surface area contributed by atoms with Gasteiger partial charge in [0.15, 0.2) is 0 Å². The predicted molar refractivity (Wildman–Crippen MR) is 80.7 cm³/mol. The van der Waals surface area contributed by atoms with Gasteiger partial charge in [-0.15, -0.1) is 0 Å². The second-order valence-corrected chi connectivity index (χ2v) is 6.39. The van der Waals surface area contributed by atoms with Gasteiger partial charge < -0.3 is 5.32 Å². The number of likely N-dealkylation sites (tertiary alicyclic amines) is 1. The lowest BCUT2D eigenvalue weighted by Gasteiger charge is -2.33. The largest absolute Gasteiger partial charge is 0.317 e. The molecule has 0 amide bonds. The average molecular weight is 294 g/mol. The molecule has 116 valence electrons. The van der Waals surface area contributed by atoms with Gasteiger partial charge in [0.2, 0.25) is 0 Å². The first-order valence-corrected chi connectivity index (χ1v) is 8.03. The monoisotopic (exact) mass is 294 g/mol. The van der Waals surface area contributed by atoms with Gasteiger partial charge in [-0.25, -0.2) is 8.78 Å². The van der Waals surface area contributed by atoms with E-state index in [4.69, 9.17) is 0 Å². The van der Waals surface area contributed by atoms with Gasteiger partial charge in [-0.05, 0) is 55.9 Å². The molecule has 0 atom stereocenters. The van der Waals surface area contributed by atoms with Crippen LogP contribution in [0.4, 0.5) is 8.78 Å². The molecule has 0 saturated carbocycles. The molecule has 0 unspecified atom stereocenters. The molecule has 2 saturated heterocycles. The van der Waals surface area contributed by atoms with E-state index in [1.165, 1.54) is 11.1 Å². The third-order valence-corrected chi connectivity index (χ3v) is 4.70. The van der Waals surface area contributed by atoms with Crippen molar-refractivity contribution in [1.29, 1.82) is 0 Å². The molecule has 0 spiro atoms. The normalized spacial score (nSPS) is 24.1. The Morgan fingerprint density at radius 1 is 1.19 bits per heavy atom. The Morgan fingerprint density at radius 3 is 2.71 bits per heavy atom. The van der Waals surface area contributed by atoms with Crippen molar-refractivity contribution >= 4 is 0 Å². The highest BCUT2D eigenvalue weighted by atomic mass is 19.3. The van der Waals surface area contributed by atoms with Crippen LogP contribution in [0.25, 0.3) is 0 Å². The van der Waals surface area contributed by atoms with Gasteiger partial charge in [0.25, 0.3) is 5.92 Å². The van der Waals surface area contributed by atoms with E-state index in [0.717, 1.165) is 32.5 Å². The van der Waals surface area contributed by atoms with Crippen LogP contribution in [0.3, 0.4) is 0 Å². The third kappa shape index (κ3) is 3.80. The van der Waals surface area contributed by atoms with Crippen molar-refractivity contribution < 1.29 is 8.78 Å². The van der Waals surface area contributed by atoms with E-state index < -0.39 is 5.92 Å². The number of benzene rings is 1. The lowest BCUT2D eigenvalue weighted by molar-refractivity contribution is -0.0661. The zero-order valence-corrected chi connectivity index (χ0v) is 12.5. The maximum atomic E-state index is 13.6. The molecule has 2 fully saturated rings. The minimum atomic E-state index is -2.51. The molecule has 0 aliphatic carbocycles. The SMILES string of the molecule is FC1(F)CCCN(Cc2ccccc2C2CCNCC2)C1. The molecule has 2 aliphatic heterocycles.